The van der Waals surface area contributed by atoms with Crippen LogP contribution in [-0.2, 0) is 6.42 Å². The summed E-state index contributed by atoms with van der Waals surface area (Å²) >= 11 is 0. The number of hydrogen-bond donors (Lipinski definition) is 0. The minimum Gasteiger partial charge on any atom is -0.192 e. The van der Waals surface area contributed by atoms with E-state index in [4.69, 9.17) is 0 Å². The quantitative estimate of drug-likeness (QED) is 0.521. The van der Waals surface area contributed by atoms with E-state index in [2.05, 4.69) is 62.1 Å². The molecule has 0 aliphatic heterocycles. The van der Waals surface area contributed by atoms with Gasteiger partial charge in [-0.2, -0.15) is 5.26 Å². The van der Waals surface area contributed by atoms with Gasteiger partial charge in [0.05, 0.1) is 5.56 Å². The molecule has 28 heavy (non-hydrogen) atoms. The summed E-state index contributed by atoms with van der Waals surface area (Å²) in [6, 6.07) is 17.2. The van der Waals surface area contributed by atoms with Gasteiger partial charge in [0.1, 0.15) is 6.07 Å². The number of rotatable bonds is 5. The van der Waals surface area contributed by atoms with Crippen molar-refractivity contribution in [2.45, 2.75) is 71.1 Å². The van der Waals surface area contributed by atoms with Crippen LogP contribution in [0.5, 0.6) is 0 Å². The molecule has 1 aliphatic rings. The maximum absolute atomic E-state index is 9.46. The second-order valence-electron chi connectivity index (χ2n) is 8.09. The van der Waals surface area contributed by atoms with Crippen molar-refractivity contribution in [1.29, 1.82) is 5.26 Å². The summed E-state index contributed by atoms with van der Waals surface area (Å²) in [6.07, 6.45) is 10.1. The van der Waals surface area contributed by atoms with Crippen LogP contribution >= 0.6 is 0 Å². The lowest BCUT2D eigenvalue weighted by molar-refractivity contribution is 0.319. The van der Waals surface area contributed by atoms with Crippen molar-refractivity contribution in [2.75, 3.05) is 0 Å². The third-order valence-electron chi connectivity index (χ3n) is 6.17. The minimum atomic E-state index is 0.686. The summed E-state index contributed by atoms with van der Waals surface area (Å²) in [7, 11) is 0. The highest BCUT2D eigenvalue weighted by molar-refractivity contribution is 5.52. The van der Waals surface area contributed by atoms with Gasteiger partial charge in [-0.3, -0.25) is 0 Å². The highest BCUT2D eigenvalue weighted by Gasteiger charge is 2.20. The van der Waals surface area contributed by atoms with Crippen LogP contribution in [-0.4, -0.2) is 0 Å². The summed E-state index contributed by atoms with van der Waals surface area (Å²) in [5.41, 5.74) is 5.21. The zero-order valence-corrected chi connectivity index (χ0v) is 17.3. The Balaban J connectivity index is 1.68. The fraction of sp³-hybridized carbons (Fsp3) is 0.444. The van der Waals surface area contributed by atoms with Crippen LogP contribution in [0.15, 0.2) is 42.5 Å². The molecule has 0 N–H and O–H groups in total. The molecule has 0 amide bonds. The molecule has 1 aliphatic carbocycles. The lowest BCUT2D eigenvalue weighted by Crippen LogP contribution is -2.12. The molecule has 0 aromatic heterocycles. The molecule has 1 heteroatoms. The topological polar surface area (TPSA) is 23.8 Å². The number of nitriles is 1. The molecule has 0 spiro atoms. The molecule has 0 bridgehead atoms. The van der Waals surface area contributed by atoms with Crippen molar-refractivity contribution in [3.8, 4) is 17.9 Å². The van der Waals surface area contributed by atoms with Gasteiger partial charge in [0.15, 0.2) is 0 Å². The van der Waals surface area contributed by atoms with Crippen LogP contribution < -0.4 is 0 Å². The SMILES string of the molecule is CCCCc1ccc(C#Cc2ccc(C3CCC(CC)CC3)cc2)c(C#N)c1. The van der Waals surface area contributed by atoms with Crippen molar-refractivity contribution in [3.63, 3.8) is 0 Å². The monoisotopic (exact) mass is 369 g/mol. The first-order valence-corrected chi connectivity index (χ1v) is 10.9. The average molecular weight is 370 g/mol. The van der Waals surface area contributed by atoms with Crippen LogP contribution in [0, 0.1) is 29.1 Å². The number of hydrogen-bond acceptors (Lipinski definition) is 1. The zero-order chi connectivity index (χ0) is 19.8. The van der Waals surface area contributed by atoms with Crippen molar-refractivity contribution in [1.82, 2.24) is 0 Å². The third-order valence-corrected chi connectivity index (χ3v) is 6.17. The molecule has 1 fully saturated rings. The van der Waals surface area contributed by atoms with Gasteiger partial charge in [-0.15, -0.1) is 0 Å². The molecule has 0 unspecified atom stereocenters. The average Bonchev–Trinajstić information content (AvgIpc) is 2.77. The molecule has 0 saturated heterocycles. The van der Waals surface area contributed by atoms with E-state index in [1.807, 2.05) is 12.1 Å². The van der Waals surface area contributed by atoms with Crippen LogP contribution in [0.25, 0.3) is 0 Å². The molecule has 144 valence electrons. The predicted octanol–water partition coefficient (Wildman–Crippen LogP) is 6.98. The van der Waals surface area contributed by atoms with Gasteiger partial charge in [0.25, 0.3) is 0 Å². The van der Waals surface area contributed by atoms with Gasteiger partial charge < -0.3 is 0 Å². The van der Waals surface area contributed by atoms with Crippen LogP contribution in [0.1, 0.15) is 92.5 Å². The van der Waals surface area contributed by atoms with E-state index in [1.54, 1.807) is 0 Å². The van der Waals surface area contributed by atoms with Gasteiger partial charge >= 0.3 is 0 Å². The van der Waals surface area contributed by atoms with Crippen molar-refractivity contribution in [2.24, 2.45) is 5.92 Å². The van der Waals surface area contributed by atoms with Crippen molar-refractivity contribution >= 4 is 0 Å². The van der Waals surface area contributed by atoms with Crippen LogP contribution in [0.3, 0.4) is 0 Å². The highest BCUT2D eigenvalue weighted by atomic mass is 14.3. The fourth-order valence-electron chi connectivity index (χ4n) is 4.21. The number of nitrogens with zero attached hydrogens (tertiary/aromatic N) is 1. The molecule has 2 aromatic carbocycles. The summed E-state index contributed by atoms with van der Waals surface area (Å²) < 4.78 is 0. The smallest absolute Gasteiger partial charge is 0.100 e. The lowest BCUT2D eigenvalue weighted by Gasteiger charge is -2.28. The molecule has 0 heterocycles. The van der Waals surface area contributed by atoms with Gasteiger partial charge in [0.2, 0.25) is 0 Å². The van der Waals surface area contributed by atoms with Crippen LogP contribution in [0.2, 0.25) is 0 Å². The van der Waals surface area contributed by atoms with E-state index in [0.717, 1.165) is 29.9 Å². The maximum atomic E-state index is 9.46. The van der Waals surface area contributed by atoms with Gasteiger partial charge in [-0.05, 0) is 85.8 Å². The van der Waals surface area contributed by atoms with Gasteiger partial charge in [-0.25, -0.2) is 0 Å². The normalized spacial score (nSPS) is 18.8. The molecular weight excluding hydrogens is 338 g/mol. The van der Waals surface area contributed by atoms with E-state index in [0.29, 0.717) is 11.5 Å². The van der Waals surface area contributed by atoms with Gasteiger partial charge in [0, 0.05) is 11.1 Å². The molecular formula is C27H31N. The number of benzene rings is 2. The first-order valence-electron chi connectivity index (χ1n) is 10.9. The van der Waals surface area contributed by atoms with E-state index >= 15 is 0 Å². The Kier molecular flexibility index (Phi) is 7.33. The second kappa shape index (κ2) is 10.1. The summed E-state index contributed by atoms with van der Waals surface area (Å²) in [5, 5.41) is 9.46. The van der Waals surface area contributed by atoms with E-state index in [9.17, 15) is 5.26 Å². The summed E-state index contributed by atoms with van der Waals surface area (Å²) in [5.74, 6) is 8.10. The number of unbranched alkanes of at least 4 members (excludes halogenated alkanes) is 1. The maximum Gasteiger partial charge on any atom is 0.100 e. The standard InChI is InChI=1S/C27H31N/c1-3-5-6-23-12-18-26(27(19-23)20-28)17-11-22-9-15-25(16-10-22)24-13-7-21(4-2)8-14-24/h9-10,12,15-16,18-19,21,24H,3-8,13-14H2,1-2H3. The number of aryl methyl sites for hydroxylation is 1. The predicted molar refractivity (Wildman–Crippen MR) is 117 cm³/mol. The second-order valence-corrected chi connectivity index (χ2v) is 8.09. The zero-order valence-electron chi connectivity index (χ0n) is 17.3. The van der Waals surface area contributed by atoms with Crippen molar-refractivity contribution < 1.29 is 0 Å². The molecule has 3 rings (SSSR count). The van der Waals surface area contributed by atoms with E-state index in [1.165, 1.54) is 49.7 Å². The first-order chi connectivity index (χ1) is 13.7. The Morgan fingerprint density at radius 2 is 1.64 bits per heavy atom. The third kappa shape index (κ3) is 5.27. The first kappa shape index (κ1) is 20.2. The molecule has 0 radical (unpaired) electrons. The van der Waals surface area contributed by atoms with Crippen molar-refractivity contribution in [3.05, 3.63) is 70.3 Å². The Morgan fingerprint density at radius 1 is 0.893 bits per heavy atom. The Morgan fingerprint density at radius 3 is 2.29 bits per heavy atom. The highest BCUT2D eigenvalue weighted by Crippen LogP contribution is 2.36. The van der Waals surface area contributed by atoms with Gasteiger partial charge in [-0.1, -0.05) is 56.7 Å². The Labute approximate surface area is 170 Å². The molecule has 2 aromatic rings. The van der Waals surface area contributed by atoms with E-state index < -0.39 is 0 Å². The largest absolute Gasteiger partial charge is 0.192 e. The molecule has 0 atom stereocenters. The summed E-state index contributed by atoms with van der Waals surface area (Å²) in [6.45, 7) is 4.50. The minimum absolute atomic E-state index is 0.686. The van der Waals surface area contributed by atoms with Crippen LogP contribution in [0.4, 0.5) is 0 Å². The Bertz CT molecular complexity index is 865. The molecule has 1 nitrogen and oxygen atoms in total. The van der Waals surface area contributed by atoms with E-state index in [-0.39, 0.29) is 0 Å². The lowest BCUT2D eigenvalue weighted by atomic mass is 9.78. The Hall–Kier alpha value is -2.51. The summed E-state index contributed by atoms with van der Waals surface area (Å²) in [4.78, 5) is 0. The fourth-order valence-corrected chi connectivity index (χ4v) is 4.21. The molecule has 1 saturated carbocycles.